The van der Waals surface area contributed by atoms with Crippen LogP contribution < -0.4 is 9.47 Å². The van der Waals surface area contributed by atoms with Crippen LogP contribution in [0.2, 0.25) is 0 Å². The van der Waals surface area contributed by atoms with Crippen molar-refractivity contribution in [2.24, 2.45) is 0 Å². The Morgan fingerprint density at radius 2 is 1.65 bits per heavy atom. The molecule has 2 rings (SSSR count). The van der Waals surface area contributed by atoms with Crippen molar-refractivity contribution in [2.75, 3.05) is 0 Å². The van der Waals surface area contributed by atoms with Gasteiger partial charge in [0.05, 0.1) is 0 Å². The quantitative estimate of drug-likeness (QED) is 0.732. The number of rotatable bonds is 4. The van der Waals surface area contributed by atoms with Crippen molar-refractivity contribution in [1.29, 1.82) is 0 Å². The first-order valence-corrected chi connectivity index (χ1v) is 6.54. The van der Waals surface area contributed by atoms with E-state index in [1.807, 2.05) is 6.92 Å². The summed E-state index contributed by atoms with van der Waals surface area (Å²) in [7, 11) is 0. The molecule has 0 saturated heterocycles. The second-order valence-corrected chi connectivity index (χ2v) is 4.99. The summed E-state index contributed by atoms with van der Waals surface area (Å²) in [4.78, 5) is 0. The molecule has 1 aromatic rings. The average molecular weight is 292 g/mol. The van der Waals surface area contributed by atoms with Gasteiger partial charge in [0.25, 0.3) is 0 Å². The average Bonchev–Trinajstić information content (AvgIpc) is 2.36. The Bertz CT molecular complexity index is 488. The number of unbranched alkanes of at least 4 members (excludes halogenated alkanes) is 1. The van der Waals surface area contributed by atoms with Crippen LogP contribution in [0.3, 0.4) is 0 Å². The number of hydrogen-bond acceptors (Lipinski definition) is 2. The molecule has 0 fully saturated rings. The second kappa shape index (κ2) is 5.14. The number of alkyl halides is 4. The highest BCUT2D eigenvalue weighted by Crippen LogP contribution is 2.47. The van der Waals surface area contributed by atoms with E-state index in [1.165, 1.54) is 12.1 Å². The summed E-state index contributed by atoms with van der Waals surface area (Å²) in [5.74, 6) is -0.575. The van der Waals surface area contributed by atoms with Gasteiger partial charge >= 0.3 is 12.2 Å². The van der Waals surface area contributed by atoms with Crippen LogP contribution in [-0.4, -0.2) is 12.2 Å². The van der Waals surface area contributed by atoms with Crippen LogP contribution in [0.15, 0.2) is 18.2 Å². The summed E-state index contributed by atoms with van der Waals surface area (Å²) in [5.41, 5.74) is 0.766. The molecule has 0 bridgehead atoms. The van der Waals surface area contributed by atoms with Crippen molar-refractivity contribution in [2.45, 2.75) is 51.2 Å². The van der Waals surface area contributed by atoms with Crippen molar-refractivity contribution >= 4 is 0 Å². The highest BCUT2D eigenvalue weighted by molar-refractivity contribution is 5.45. The van der Waals surface area contributed by atoms with Gasteiger partial charge in [-0.1, -0.05) is 32.8 Å². The van der Waals surface area contributed by atoms with E-state index in [1.54, 1.807) is 6.07 Å². The summed E-state index contributed by atoms with van der Waals surface area (Å²) in [5, 5.41) is 0. The first-order valence-electron chi connectivity index (χ1n) is 6.54. The van der Waals surface area contributed by atoms with E-state index in [0.29, 0.717) is 0 Å². The normalized spacial score (nSPS) is 20.5. The lowest BCUT2D eigenvalue weighted by atomic mass is 9.95. The zero-order chi connectivity index (χ0) is 15.0. The highest BCUT2D eigenvalue weighted by Gasteiger charge is 2.65. The van der Waals surface area contributed by atoms with Gasteiger partial charge in [0.2, 0.25) is 0 Å². The fourth-order valence-electron chi connectivity index (χ4n) is 2.07. The molecule has 1 aliphatic rings. The minimum atomic E-state index is -4.66. The molecule has 6 heteroatoms. The molecule has 1 atom stereocenters. The van der Waals surface area contributed by atoms with Crippen LogP contribution in [0.5, 0.6) is 11.5 Å². The Balaban J connectivity index is 2.25. The van der Waals surface area contributed by atoms with Crippen LogP contribution in [-0.2, 0) is 0 Å². The fraction of sp³-hybridized carbons (Fsp3) is 0.571. The molecule has 0 aliphatic carbocycles. The van der Waals surface area contributed by atoms with E-state index in [0.717, 1.165) is 24.8 Å². The molecule has 0 amide bonds. The number of hydrogen-bond donors (Lipinski definition) is 0. The van der Waals surface area contributed by atoms with E-state index in [9.17, 15) is 17.6 Å². The lowest BCUT2D eigenvalue weighted by molar-refractivity contribution is -0.391. The standard InChI is InChI=1S/C14H16F4O2/c1-3-4-5-9(2)10-6-7-11-12(8-10)20-14(17,18)13(15,16)19-11/h6-9H,3-5H2,1-2H3. The summed E-state index contributed by atoms with van der Waals surface area (Å²) >= 11 is 0. The van der Waals surface area contributed by atoms with Gasteiger partial charge in [-0.3, -0.25) is 0 Å². The summed E-state index contributed by atoms with van der Waals surface area (Å²) in [6, 6.07) is 4.19. The van der Waals surface area contributed by atoms with Crippen molar-refractivity contribution in [3.8, 4) is 11.5 Å². The zero-order valence-corrected chi connectivity index (χ0v) is 11.3. The molecule has 0 saturated carbocycles. The third kappa shape index (κ3) is 2.69. The predicted octanol–water partition coefficient (Wildman–Crippen LogP) is 4.94. The lowest BCUT2D eigenvalue weighted by Crippen LogP contribution is -2.52. The van der Waals surface area contributed by atoms with Gasteiger partial charge in [-0.15, -0.1) is 0 Å². The van der Waals surface area contributed by atoms with Crippen molar-refractivity contribution in [3.63, 3.8) is 0 Å². The van der Waals surface area contributed by atoms with Gasteiger partial charge in [0, 0.05) is 0 Å². The van der Waals surface area contributed by atoms with E-state index in [4.69, 9.17) is 0 Å². The van der Waals surface area contributed by atoms with E-state index >= 15 is 0 Å². The molecular formula is C14H16F4O2. The summed E-state index contributed by atoms with van der Waals surface area (Å²) < 4.78 is 60.3. The number of halogens is 4. The Kier molecular flexibility index (Phi) is 3.84. The minimum absolute atomic E-state index is 0.139. The van der Waals surface area contributed by atoms with Crippen LogP contribution >= 0.6 is 0 Å². The summed E-state index contributed by atoms with van der Waals surface area (Å²) in [6.07, 6.45) is -6.40. The minimum Gasteiger partial charge on any atom is -0.421 e. The molecule has 0 spiro atoms. The van der Waals surface area contributed by atoms with Gasteiger partial charge in [-0.2, -0.15) is 17.6 Å². The molecule has 0 radical (unpaired) electrons. The Morgan fingerprint density at radius 1 is 1.05 bits per heavy atom. The molecular weight excluding hydrogens is 276 g/mol. The molecule has 1 unspecified atom stereocenters. The van der Waals surface area contributed by atoms with Crippen molar-refractivity contribution in [1.82, 2.24) is 0 Å². The fourth-order valence-corrected chi connectivity index (χ4v) is 2.07. The Hall–Kier alpha value is -1.46. The van der Waals surface area contributed by atoms with Crippen molar-refractivity contribution < 1.29 is 27.0 Å². The molecule has 0 aromatic heterocycles. The van der Waals surface area contributed by atoms with Crippen LogP contribution in [0, 0.1) is 0 Å². The Morgan fingerprint density at radius 3 is 2.25 bits per heavy atom. The van der Waals surface area contributed by atoms with Crippen LogP contribution in [0.25, 0.3) is 0 Å². The topological polar surface area (TPSA) is 18.5 Å². The first kappa shape index (κ1) is 14.9. The maximum atomic E-state index is 13.1. The number of fused-ring (bicyclic) bond motifs is 1. The highest BCUT2D eigenvalue weighted by atomic mass is 19.3. The maximum Gasteiger partial charge on any atom is 0.507 e. The van der Waals surface area contributed by atoms with E-state index < -0.39 is 12.2 Å². The van der Waals surface area contributed by atoms with E-state index in [-0.39, 0.29) is 17.4 Å². The van der Waals surface area contributed by atoms with Crippen LogP contribution in [0.1, 0.15) is 44.6 Å². The smallest absolute Gasteiger partial charge is 0.421 e. The third-order valence-electron chi connectivity index (χ3n) is 3.34. The van der Waals surface area contributed by atoms with Gasteiger partial charge in [-0.25, -0.2) is 0 Å². The van der Waals surface area contributed by atoms with Crippen LogP contribution in [0.4, 0.5) is 17.6 Å². The molecule has 1 aliphatic heterocycles. The zero-order valence-electron chi connectivity index (χ0n) is 11.3. The molecule has 1 heterocycles. The molecule has 0 N–H and O–H groups in total. The first-order chi connectivity index (χ1) is 9.27. The van der Waals surface area contributed by atoms with Gasteiger partial charge in [-0.05, 0) is 30.0 Å². The number of benzene rings is 1. The van der Waals surface area contributed by atoms with E-state index in [2.05, 4.69) is 16.4 Å². The molecule has 112 valence electrons. The monoisotopic (exact) mass is 292 g/mol. The molecule has 1 aromatic carbocycles. The predicted molar refractivity (Wildman–Crippen MR) is 65.5 cm³/mol. The third-order valence-corrected chi connectivity index (χ3v) is 3.34. The largest absolute Gasteiger partial charge is 0.507 e. The number of ether oxygens (including phenoxy) is 2. The van der Waals surface area contributed by atoms with Gasteiger partial charge in [0.15, 0.2) is 11.5 Å². The maximum absolute atomic E-state index is 13.1. The lowest BCUT2D eigenvalue weighted by Gasteiger charge is -2.32. The van der Waals surface area contributed by atoms with Gasteiger partial charge < -0.3 is 9.47 Å². The Labute approximate surface area is 114 Å². The molecule has 2 nitrogen and oxygen atoms in total. The van der Waals surface area contributed by atoms with Crippen molar-refractivity contribution in [3.05, 3.63) is 23.8 Å². The van der Waals surface area contributed by atoms with Gasteiger partial charge in [0.1, 0.15) is 0 Å². The second-order valence-electron chi connectivity index (χ2n) is 4.99. The molecule has 20 heavy (non-hydrogen) atoms. The SMILES string of the molecule is CCCCC(C)c1ccc2c(c1)OC(F)(F)C(F)(F)O2. The summed E-state index contributed by atoms with van der Waals surface area (Å²) in [6.45, 7) is 4.01.